The molecular formula is C24H30O4. The molecule has 0 N–H and O–H groups in total. The van der Waals surface area contributed by atoms with Gasteiger partial charge in [0, 0.05) is 0 Å². The molecule has 3 atom stereocenters. The highest BCUT2D eigenvalue weighted by molar-refractivity contribution is 5.45. The smallest absolute Gasteiger partial charge is 0.126 e. The van der Waals surface area contributed by atoms with Crippen molar-refractivity contribution < 1.29 is 18.9 Å². The van der Waals surface area contributed by atoms with Crippen LogP contribution in [0.2, 0.25) is 0 Å². The van der Waals surface area contributed by atoms with Crippen molar-refractivity contribution in [3.63, 3.8) is 0 Å². The number of aryl methyl sites for hydroxylation is 1. The van der Waals surface area contributed by atoms with Gasteiger partial charge in [0.2, 0.25) is 0 Å². The molecular weight excluding hydrogens is 352 g/mol. The maximum absolute atomic E-state index is 6.25. The largest absolute Gasteiger partial charge is 0.491 e. The minimum absolute atomic E-state index is 0.261. The third kappa shape index (κ3) is 5.06. The average Bonchev–Trinajstić information content (AvgIpc) is 3.61. The van der Waals surface area contributed by atoms with Crippen molar-refractivity contribution in [3.8, 4) is 11.5 Å². The zero-order valence-electron chi connectivity index (χ0n) is 16.9. The van der Waals surface area contributed by atoms with Crippen molar-refractivity contribution in [2.24, 2.45) is 0 Å². The Hall–Kier alpha value is -2.04. The van der Waals surface area contributed by atoms with Crippen LogP contribution in [0, 0.1) is 0 Å². The first-order chi connectivity index (χ1) is 13.7. The van der Waals surface area contributed by atoms with Crippen molar-refractivity contribution in [2.75, 3.05) is 26.4 Å². The van der Waals surface area contributed by atoms with E-state index in [2.05, 4.69) is 50.2 Å². The van der Waals surface area contributed by atoms with Gasteiger partial charge in [0.15, 0.2) is 0 Å². The van der Waals surface area contributed by atoms with Gasteiger partial charge in [-0.3, -0.25) is 0 Å². The summed E-state index contributed by atoms with van der Waals surface area (Å²) < 4.78 is 22.9. The lowest BCUT2D eigenvalue weighted by Crippen LogP contribution is -2.11. The van der Waals surface area contributed by atoms with Crippen molar-refractivity contribution in [2.45, 2.75) is 51.2 Å². The number of epoxide rings is 2. The molecule has 3 unspecified atom stereocenters. The van der Waals surface area contributed by atoms with E-state index in [-0.39, 0.29) is 12.2 Å². The summed E-state index contributed by atoms with van der Waals surface area (Å²) in [5, 5.41) is 0. The molecule has 28 heavy (non-hydrogen) atoms. The van der Waals surface area contributed by atoms with Crippen LogP contribution in [0.4, 0.5) is 0 Å². The summed E-state index contributed by atoms with van der Waals surface area (Å²) in [6, 6.07) is 14.9. The van der Waals surface area contributed by atoms with E-state index in [1.807, 2.05) is 6.07 Å². The molecule has 2 aromatic rings. The molecule has 0 bridgehead atoms. The third-order valence-electron chi connectivity index (χ3n) is 5.32. The maximum atomic E-state index is 6.25. The van der Waals surface area contributed by atoms with Gasteiger partial charge in [-0.1, -0.05) is 56.7 Å². The topological polar surface area (TPSA) is 43.5 Å². The SMILES string of the molecule is CCCc1cccc(C(C)Cc2ccccc2OCC2CO2)c1OCC1CO1. The lowest BCUT2D eigenvalue weighted by Gasteiger charge is -2.21. The first-order valence-electron chi connectivity index (χ1n) is 10.4. The number of ether oxygens (including phenoxy) is 4. The molecule has 2 saturated heterocycles. The molecule has 0 spiro atoms. The molecule has 2 heterocycles. The van der Waals surface area contributed by atoms with Gasteiger partial charge in [0.25, 0.3) is 0 Å². The van der Waals surface area contributed by atoms with E-state index in [0.29, 0.717) is 19.1 Å². The minimum atomic E-state index is 0.261. The first-order valence-corrected chi connectivity index (χ1v) is 10.4. The van der Waals surface area contributed by atoms with E-state index in [1.165, 1.54) is 16.7 Å². The second-order valence-electron chi connectivity index (χ2n) is 7.83. The minimum Gasteiger partial charge on any atom is -0.491 e. The molecule has 0 saturated carbocycles. The molecule has 2 aliphatic rings. The normalized spacial score (nSPS) is 21.2. The Kier molecular flexibility index (Phi) is 6.18. The van der Waals surface area contributed by atoms with E-state index < -0.39 is 0 Å². The Morgan fingerprint density at radius 2 is 1.61 bits per heavy atom. The van der Waals surface area contributed by atoms with Gasteiger partial charge in [0.1, 0.15) is 36.9 Å². The quantitative estimate of drug-likeness (QED) is 0.535. The second kappa shape index (κ2) is 8.97. The number of para-hydroxylation sites is 2. The van der Waals surface area contributed by atoms with Crippen LogP contribution in [0.15, 0.2) is 42.5 Å². The highest BCUT2D eigenvalue weighted by Gasteiger charge is 2.26. The van der Waals surface area contributed by atoms with Crippen LogP contribution in [0.1, 0.15) is 42.9 Å². The van der Waals surface area contributed by atoms with Gasteiger partial charge in [-0.25, -0.2) is 0 Å². The van der Waals surface area contributed by atoms with Gasteiger partial charge in [0.05, 0.1) is 13.2 Å². The second-order valence-corrected chi connectivity index (χ2v) is 7.83. The number of rotatable bonds is 11. The molecule has 0 radical (unpaired) electrons. The van der Waals surface area contributed by atoms with Gasteiger partial charge in [-0.2, -0.15) is 0 Å². The van der Waals surface area contributed by atoms with E-state index in [4.69, 9.17) is 18.9 Å². The van der Waals surface area contributed by atoms with E-state index >= 15 is 0 Å². The fraction of sp³-hybridized carbons (Fsp3) is 0.500. The van der Waals surface area contributed by atoms with Crippen LogP contribution < -0.4 is 9.47 Å². The van der Waals surface area contributed by atoms with Crippen LogP contribution in [0.5, 0.6) is 11.5 Å². The summed E-state index contributed by atoms with van der Waals surface area (Å²) in [4.78, 5) is 0. The molecule has 0 aliphatic carbocycles. The standard InChI is InChI=1S/C24H30O4/c1-3-7-18-9-6-10-22(24(18)28-16-21-14-26-21)17(2)12-19-8-4-5-11-23(19)27-15-20-13-25-20/h4-6,8-11,17,20-21H,3,7,12-16H2,1-2H3. The summed E-state index contributed by atoms with van der Waals surface area (Å²) in [5.74, 6) is 2.34. The first kappa shape index (κ1) is 19.3. The number of hydrogen-bond donors (Lipinski definition) is 0. The fourth-order valence-corrected chi connectivity index (χ4v) is 3.58. The van der Waals surface area contributed by atoms with Crippen LogP contribution in [0.3, 0.4) is 0 Å². The molecule has 4 rings (SSSR count). The molecule has 0 amide bonds. The lowest BCUT2D eigenvalue weighted by atomic mass is 9.90. The maximum Gasteiger partial charge on any atom is 0.126 e. The van der Waals surface area contributed by atoms with Gasteiger partial charge in [-0.15, -0.1) is 0 Å². The highest BCUT2D eigenvalue weighted by atomic mass is 16.6. The average molecular weight is 383 g/mol. The summed E-state index contributed by atoms with van der Waals surface area (Å²) in [5.41, 5.74) is 3.79. The van der Waals surface area contributed by atoms with Crippen molar-refractivity contribution in [1.82, 2.24) is 0 Å². The Bertz CT molecular complexity index is 780. The lowest BCUT2D eigenvalue weighted by molar-refractivity contribution is 0.257. The van der Waals surface area contributed by atoms with E-state index in [0.717, 1.165) is 44.0 Å². The molecule has 0 aromatic heterocycles. The zero-order valence-corrected chi connectivity index (χ0v) is 16.9. The van der Waals surface area contributed by atoms with Gasteiger partial charge >= 0.3 is 0 Å². The van der Waals surface area contributed by atoms with E-state index in [1.54, 1.807) is 0 Å². The van der Waals surface area contributed by atoms with Crippen molar-refractivity contribution in [3.05, 3.63) is 59.2 Å². The summed E-state index contributed by atoms with van der Waals surface area (Å²) >= 11 is 0. The van der Waals surface area contributed by atoms with Crippen molar-refractivity contribution >= 4 is 0 Å². The van der Waals surface area contributed by atoms with E-state index in [9.17, 15) is 0 Å². The summed E-state index contributed by atoms with van der Waals surface area (Å²) in [6.07, 6.45) is 3.57. The number of benzene rings is 2. The van der Waals surface area contributed by atoms with Crippen LogP contribution in [-0.4, -0.2) is 38.6 Å². The highest BCUT2D eigenvalue weighted by Crippen LogP contribution is 2.35. The van der Waals surface area contributed by atoms with Crippen LogP contribution >= 0.6 is 0 Å². The monoisotopic (exact) mass is 382 g/mol. The summed E-state index contributed by atoms with van der Waals surface area (Å²) in [7, 11) is 0. The molecule has 4 heteroatoms. The Labute approximate surface area is 167 Å². The Balaban J connectivity index is 1.52. The zero-order chi connectivity index (χ0) is 19.3. The van der Waals surface area contributed by atoms with Crippen LogP contribution in [0.25, 0.3) is 0 Å². The number of hydrogen-bond acceptors (Lipinski definition) is 4. The Morgan fingerprint density at radius 1 is 0.929 bits per heavy atom. The molecule has 150 valence electrons. The fourth-order valence-electron chi connectivity index (χ4n) is 3.58. The Morgan fingerprint density at radius 3 is 2.32 bits per heavy atom. The van der Waals surface area contributed by atoms with Gasteiger partial charge < -0.3 is 18.9 Å². The molecule has 2 fully saturated rings. The molecule has 4 nitrogen and oxygen atoms in total. The van der Waals surface area contributed by atoms with Crippen LogP contribution in [-0.2, 0) is 22.3 Å². The third-order valence-corrected chi connectivity index (χ3v) is 5.32. The predicted octanol–water partition coefficient (Wildman–Crippen LogP) is 4.54. The predicted molar refractivity (Wildman–Crippen MR) is 109 cm³/mol. The van der Waals surface area contributed by atoms with Crippen molar-refractivity contribution in [1.29, 1.82) is 0 Å². The molecule has 2 aromatic carbocycles. The summed E-state index contributed by atoms with van der Waals surface area (Å²) in [6.45, 7) is 7.38. The molecule has 2 aliphatic heterocycles. The van der Waals surface area contributed by atoms with Gasteiger partial charge in [-0.05, 0) is 41.5 Å².